The monoisotopic (exact) mass is 313 g/mol. The van der Waals surface area contributed by atoms with E-state index in [9.17, 15) is 4.79 Å². The fourth-order valence-electron chi connectivity index (χ4n) is 0.647. The SMILES string of the molecule is O=C(O)COc1ccc(I)nc1Cl. The molecule has 0 spiro atoms. The summed E-state index contributed by atoms with van der Waals surface area (Å²) >= 11 is 7.68. The molecule has 1 heterocycles. The number of rotatable bonds is 3. The molecule has 0 saturated carbocycles. The highest BCUT2D eigenvalue weighted by atomic mass is 127. The Hall–Kier alpha value is -0.560. The van der Waals surface area contributed by atoms with Gasteiger partial charge in [-0.2, -0.15) is 0 Å². The zero-order valence-corrected chi connectivity index (χ0v) is 9.24. The van der Waals surface area contributed by atoms with E-state index in [2.05, 4.69) is 4.98 Å². The molecule has 0 fully saturated rings. The summed E-state index contributed by atoms with van der Waals surface area (Å²) in [6, 6.07) is 3.27. The number of aromatic nitrogens is 1. The Bertz CT molecular complexity index is 332. The van der Waals surface area contributed by atoms with E-state index in [1.807, 2.05) is 22.6 Å². The molecule has 1 aromatic heterocycles. The normalized spacial score (nSPS) is 9.69. The van der Waals surface area contributed by atoms with Crippen LogP contribution in [0.3, 0.4) is 0 Å². The summed E-state index contributed by atoms with van der Waals surface area (Å²) in [5.74, 6) is -0.765. The number of carbonyl (C=O) groups is 1. The molecule has 0 saturated heterocycles. The third-order valence-electron chi connectivity index (χ3n) is 1.13. The lowest BCUT2D eigenvalue weighted by atomic mass is 10.5. The number of pyridine rings is 1. The van der Waals surface area contributed by atoms with Gasteiger partial charge in [-0.25, -0.2) is 9.78 Å². The second-order valence-electron chi connectivity index (χ2n) is 2.11. The predicted octanol–water partition coefficient (Wildman–Crippen LogP) is 1.80. The molecule has 0 aliphatic rings. The maximum Gasteiger partial charge on any atom is 0.341 e. The summed E-state index contributed by atoms with van der Waals surface area (Å²) in [5.41, 5.74) is 0. The summed E-state index contributed by atoms with van der Waals surface area (Å²) in [5, 5.41) is 8.50. The second-order valence-corrected chi connectivity index (χ2v) is 3.57. The molecule has 0 aliphatic carbocycles. The van der Waals surface area contributed by atoms with Gasteiger partial charge in [0.1, 0.15) is 3.70 Å². The van der Waals surface area contributed by atoms with Crippen molar-refractivity contribution in [3.63, 3.8) is 0 Å². The minimum absolute atomic E-state index is 0.174. The molecular formula is C7H5ClINO3. The maximum atomic E-state index is 10.2. The molecule has 0 amide bonds. The van der Waals surface area contributed by atoms with Gasteiger partial charge in [0.05, 0.1) is 0 Å². The first-order chi connectivity index (χ1) is 6.09. The van der Waals surface area contributed by atoms with Crippen molar-refractivity contribution in [2.24, 2.45) is 0 Å². The van der Waals surface area contributed by atoms with Gasteiger partial charge in [0.15, 0.2) is 17.5 Å². The fourth-order valence-corrected chi connectivity index (χ4v) is 1.42. The average molecular weight is 313 g/mol. The topological polar surface area (TPSA) is 59.4 Å². The number of nitrogens with zero attached hydrogens (tertiary/aromatic N) is 1. The molecular weight excluding hydrogens is 308 g/mol. The van der Waals surface area contributed by atoms with Crippen LogP contribution in [-0.2, 0) is 4.79 Å². The molecule has 13 heavy (non-hydrogen) atoms. The fraction of sp³-hybridized carbons (Fsp3) is 0.143. The second kappa shape index (κ2) is 4.61. The number of halogens is 2. The Morgan fingerprint density at radius 3 is 2.92 bits per heavy atom. The first-order valence-corrected chi connectivity index (χ1v) is 4.72. The molecule has 0 aliphatic heterocycles. The standard InChI is InChI=1S/C7H5ClINO3/c8-7-4(13-3-6(11)12)1-2-5(9)10-7/h1-2H,3H2,(H,11,12). The Morgan fingerprint density at radius 2 is 2.38 bits per heavy atom. The van der Waals surface area contributed by atoms with Crippen LogP contribution in [0.15, 0.2) is 12.1 Å². The average Bonchev–Trinajstić information content (AvgIpc) is 2.02. The maximum absolute atomic E-state index is 10.2. The van der Waals surface area contributed by atoms with Crippen LogP contribution < -0.4 is 4.74 Å². The van der Waals surface area contributed by atoms with Gasteiger partial charge in [0, 0.05) is 0 Å². The molecule has 1 aromatic rings. The van der Waals surface area contributed by atoms with Crippen molar-refractivity contribution in [1.29, 1.82) is 0 Å². The molecule has 6 heteroatoms. The van der Waals surface area contributed by atoms with Gasteiger partial charge in [-0.3, -0.25) is 0 Å². The third kappa shape index (κ3) is 3.35. The lowest BCUT2D eigenvalue weighted by molar-refractivity contribution is -0.139. The number of ether oxygens (including phenoxy) is 1. The molecule has 4 nitrogen and oxygen atoms in total. The molecule has 0 atom stereocenters. The van der Waals surface area contributed by atoms with Crippen LogP contribution in [0.5, 0.6) is 5.75 Å². The minimum Gasteiger partial charge on any atom is -0.479 e. The van der Waals surface area contributed by atoms with Crippen molar-refractivity contribution in [3.05, 3.63) is 21.0 Å². The highest BCUT2D eigenvalue weighted by Gasteiger charge is 2.05. The van der Waals surface area contributed by atoms with E-state index in [1.165, 1.54) is 0 Å². The lowest BCUT2D eigenvalue weighted by Crippen LogP contribution is -2.09. The molecule has 0 aromatic carbocycles. The first-order valence-electron chi connectivity index (χ1n) is 3.26. The van der Waals surface area contributed by atoms with Gasteiger partial charge in [0.2, 0.25) is 0 Å². The van der Waals surface area contributed by atoms with Crippen molar-refractivity contribution in [2.75, 3.05) is 6.61 Å². The highest BCUT2D eigenvalue weighted by molar-refractivity contribution is 14.1. The van der Waals surface area contributed by atoms with E-state index in [-0.39, 0.29) is 10.9 Å². The summed E-state index contributed by atoms with van der Waals surface area (Å²) in [7, 11) is 0. The van der Waals surface area contributed by atoms with Gasteiger partial charge in [-0.05, 0) is 34.7 Å². The number of hydrogen-bond donors (Lipinski definition) is 1. The summed E-state index contributed by atoms with van der Waals surface area (Å²) in [6.07, 6.45) is 0. The van der Waals surface area contributed by atoms with Crippen LogP contribution in [-0.4, -0.2) is 22.7 Å². The van der Waals surface area contributed by atoms with Crippen LogP contribution >= 0.6 is 34.2 Å². The molecule has 0 radical (unpaired) electrons. The van der Waals surface area contributed by atoms with Crippen LogP contribution in [0.25, 0.3) is 0 Å². The van der Waals surface area contributed by atoms with E-state index in [0.29, 0.717) is 0 Å². The van der Waals surface area contributed by atoms with Crippen LogP contribution in [0.1, 0.15) is 0 Å². The van der Waals surface area contributed by atoms with Crippen molar-refractivity contribution < 1.29 is 14.6 Å². The molecule has 1 N–H and O–H groups in total. The third-order valence-corrected chi connectivity index (χ3v) is 2.00. The smallest absolute Gasteiger partial charge is 0.341 e. The zero-order chi connectivity index (χ0) is 9.84. The van der Waals surface area contributed by atoms with Crippen LogP contribution in [0.2, 0.25) is 5.15 Å². The van der Waals surface area contributed by atoms with Crippen LogP contribution in [0, 0.1) is 3.70 Å². The van der Waals surface area contributed by atoms with Gasteiger partial charge in [0.25, 0.3) is 0 Å². The molecule has 0 bridgehead atoms. The van der Waals surface area contributed by atoms with Gasteiger partial charge in [-0.15, -0.1) is 0 Å². The Morgan fingerprint density at radius 1 is 1.69 bits per heavy atom. The first kappa shape index (κ1) is 10.5. The number of carboxylic acids is 1. The lowest BCUT2D eigenvalue weighted by Gasteiger charge is -2.03. The highest BCUT2D eigenvalue weighted by Crippen LogP contribution is 2.22. The van der Waals surface area contributed by atoms with E-state index in [0.717, 1.165) is 3.70 Å². The molecule has 70 valence electrons. The zero-order valence-electron chi connectivity index (χ0n) is 6.33. The van der Waals surface area contributed by atoms with Gasteiger partial charge >= 0.3 is 5.97 Å². The Kier molecular flexibility index (Phi) is 3.73. The van der Waals surface area contributed by atoms with Crippen molar-refractivity contribution in [1.82, 2.24) is 4.98 Å². The quantitative estimate of drug-likeness (QED) is 0.683. The van der Waals surface area contributed by atoms with E-state index in [4.69, 9.17) is 21.4 Å². The number of hydrogen-bond acceptors (Lipinski definition) is 3. The molecule has 1 rings (SSSR count). The summed E-state index contributed by atoms with van der Waals surface area (Å²) < 4.78 is 5.58. The van der Waals surface area contributed by atoms with Crippen molar-refractivity contribution in [2.45, 2.75) is 0 Å². The summed E-state index contributed by atoms with van der Waals surface area (Å²) in [4.78, 5) is 14.0. The van der Waals surface area contributed by atoms with Crippen molar-refractivity contribution in [3.8, 4) is 5.75 Å². The Labute approximate surface area is 93.0 Å². The number of carboxylic acid groups (broad SMARTS) is 1. The minimum atomic E-state index is -1.05. The molecule has 0 unspecified atom stereocenters. The van der Waals surface area contributed by atoms with E-state index >= 15 is 0 Å². The summed E-state index contributed by atoms with van der Waals surface area (Å²) in [6.45, 7) is -0.415. The van der Waals surface area contributed by atoms with Crippen LogP contribution in [0.4, 0.5) is 0 Å². The van der Waals surface area contributed by atoms with E-state index in [1.54, 1.807) is 12.1 Å². The van der Waals surface area contributed by atoms with E-state index < -0.39 is 12.6 Å². The van der Waals surface area contributed by atoms with Gasteiger partial charge in [-0.1, -0.05) is 11.6 Å². The Balaban J connectivity index is 2.72. The van der Waals surface area contributed by atoms with Crippen molar-refractivity contribution >= 4 is 40.2 Å². The van der Waals surface area contributed by atoms with Gasteiger partial charge < -0.3 is 9.84 Å². The predicted molar refractivity (Wildman–Crippen MR) is 55.1 cm³/mol. The number of aliphatic carboxylic acids is 1. The largest absolute Gasteiger partial charge is 0.479 e.